The molecule has 3 heterocycles. The van der Waals surface area contributed by atoms with Crippen LogP contribution >= 0.6 is 0 Å². The molecule has 0 aliphatic rings. The van der Waals surface area contributed by atoms with E-state index >= 15 is 0 Å². The van der Waals surface area contributed by atoms with Gasteiger partial charge >= 0.3 is 0 Å². The standard InChI is InChI=1S/C48H29N3/c1-2-13-31-28-33(25-24-30(31)12-1)46-35-15-4-6-17-37(35)47(38-18-7-5-16-36(38)46)43-22-11-21-41(49-43)32-26-27-44-40(29-32)34-14-3-8-19-39(34)48-50-42-20-9-10-23-45(42)51(44)48/h1-29H. The Balaban J connectivity index is 1.14. The summed E-state index contributed by atoms with van der Waals surface area (Å²) in [5, 5.41) is 10.8. The fourth-order valence-electron chi connectivity index (χ4n) is 8.26. The molecule has 8 aromatic carbocycles. The van der Waals surface area contributed by atoms with E-state index in [-0.39, 0.29) is 0 Å². The lowest BCUT2D eigenvalue weighted by Crippen LogP contribution is -1.95. The van der Waals surface area contributed by atoms with Crippen LogP contribution in [0.15, 0.2) is 176 Å². The lowest BCUT2D eigenvalue weighted by molar-refractivity contribution is 1.31. The number of fused-ring (bicyclic) bond motifs is 11. The van der Waals surface area contributed by atoms with Crippen LogP contribution in [0.3, 0.4) is 0 Å². The summed E-state index contributed by atoms with van der Waals surface area (Å²) >= 11 is 0. The molecule has 3 nitrogen and oxygen atoms in total. The maximum Gasteiger partial charge on any atom is 0.146 e. The molecule has 0 bridgehead atoms. The van der Waals surface area contributed by atoms with Gasteiger partial charge in [-0.1, -0.05) is 133 Å². The van der Waals surface area contributed by atoms with Crippen LogP contribution in [0.1, 0.15) is 0 Å². The van der Waals surface area contributed by atoms with E-state index in [2.05, 4.69) is 180 Å². The van der Waals surface area contributed by atoms with Crippen molar-refractivity contribution in [2.75, 3.05) is 0 Å². The zero-order valence-corrected chi connectivity index (χ0v) is 27.6. The van der Waals surface area contributed by atoms with Crippen LogP contribution in [-0.4, -0.2) is 14.4 Å². The van der Waals surface area contributed by atoms with Gasteiger partial charge in [0.1, 0.15) is 5.65 Å². The van der Waals surface area contributed by atoms with E-state index in [9.17, 15) is 0 Å². The zero-order chi connectivity index (χ0) is 33.5. The number of hydrogen-bond donors (Lipinski definition) is 0. The molecule has 3 heteroatoms. The summed E-state index contributed by atoms with van der Waals surface area (Å²) in [6, 6.07) is 63.2. The molecule has 0 spiro atoms. The highest BCUT2D eigenvalue weighted by molar-refractivity contribution is 6.21. The van der Waals surface area contributed by atoms with Crippen LogP contribution < -0.4 is 0 Å². The maximum atomic E-state index is 5.43. The third kappa shape index (κ3) is 4.19. The average molecular weight is 648 g/mol. The Morgan fingerprint density at radius 2 is 0.941 bits per heavy atom. The molecule has 0 radical (unpaired) electrons. The minimum absolute atomic E-state index is 0.945. The smallest absolute Gasteiger partial charge is 0.146 e. The highest BCUT2D eigenvalue weighted by Crippen LogP contribution is 2.44. The third-order valence-electron chi connectivity index (χ3n) is 10.5. The van der Waals surface area contributed by atoms with Gasteiger partial charge in [0.25, 0.3) is 0 Å². The fraction of sp³-hybridized carbons (Fsp3) is 0. The molecule has 0 saturated heterocycles. The predicted octanol–water partition coefficient (Wildman–Crippen LogP) is 12.6. The van der Waals surface area contributed by atoms with Crippen LogP contribution in [-0.2, 0) is 0 Å². The molecule has 11 aromatic rings. The molecule has 0 amide bonds. The molecule has 236 valence electrons. The third-order valence-corrected chi connectivity index (χ3v) is 10.5. The Bertz CT molecular complexity index is 3150. The van der Waals surface area contributed by atoms with E-state index in [1.54, 1.807) is 0 Å². The maximum absolute atomic E-state index is 5.43. The van der Waals surface area contributed by atoms with Crippen molar-refractivity contribution in [2.24, 2.45) is 0 Å². The van der Waals surface area contributed by atoms with E-state index in [0.29, 0.717) is 0 Å². The minimum atomic E-state index is 0.945. The Hall–Kier alpha value is -6.84. The number of para-hydroxylation sites is 2. The van der Waals surface area contributed by atoms with Gasteiger partial charge in [0.2, 0.25) is 0 Å². The second kappa shape index (κ2) is 10.8. The van der Waals surface area contributed by atoms with Gasteiger partial charge in [0.05, 0.1) is 27.9 Å². The number of hydrogen-bond acceptors (Lipinski definition) is 2. The summed E-state index contributed by atoms with van der Waals surface area (Å²) < 4.78 is 2.30. The summed E-state index contributed by atoms with van der Waals surface area (Å²) in [6.07, 6.45) is 0. The molecule has 0 atom stereocenters. The van der Waals surface area contributed by atoms with Crippen molar-refractivity contribution in [3.8, 4) is 33.6 Å². The lowest BCUT2D eigenvalue weighted by atomic mass is 9.86. The highest BCUT2D eigenvalue weighted by Gasteiger charge is 2.19. The van der Waals surface area contributed by atoms with E-state index in [4.69, 9.17) is 9.97 Å². The van der Waals surface area contributed by atoms with E-state index in [1.165, 1.54) is 54.2 Å². The molecular formula is C48H29N3. The summed E-state index contributed by atoms with van der Waals surface area (Å²) in [6.45, 7) is 0. The topological polar surface area (TPSA) is 30.2 Å². The molecule has 0 aliphatic carbocycles. The largest absolute Gasteiger partial charge is 0.292 e. The van der Waals surface area contributed by atoms with Gasteiger partial charge in [-0.15, -0.1) is 0 Å². The number of benzene rings is 8. The first-order valence-corrected chi connectivity index (χ1v) is 17.4. The average Bonchev–Trinajstić information content (AvgIpc) is 3.60. The van der Waals surface area contributed by atoms with Crippen molar-refractivity contribution in [3.63, 3.8) is 0 Å². The Morgan fingerprint density at radius 1 is 0.333 bits per heavy atom. The first-order valence-electron chi connectivity index (χ1n) is 17.4. The predicted molar refractivity (Wildman–Crippen MR) is 214 cm³/mol. The molecule has 0 saturated carbocycles. The normalized spacial score (nSPS) is 11.9. The summed E-state index contributed by atoms with van der Waals surface area (Å²) in [7, 11) is 0. The highest BCUT2D eigenvalue weighted by atomic mass is 15.0. The van der Waals surface area contributed by atoms with Crippen LogP contribution in [0.25, 0.3) is 104 Å². The molecule has 51 heavy (non-hydrogen) atoms. The molecule has 11 rings (SSSR count). The molecule has 0 unspecified atom stereocenters. The van der Waals surface area contributed by atoms with Crippen LogP contribution in [0, 0.1) is 0 Å². The SMILES string of the molecule is c1cc(-c2ccc3c(c2)c2ccccc2c2nc4ccccc4n32)nc(-c2c3ccccc3c(-c3ccc4ccccc4c3)c3ccccc23)c1. The minimum Gasteiger partial charge on any atom is -0.292 e. The van der Waals surface area contributed by atoms with Gasteiger partial charge in [-0.3, -0.25) is 4.40 Å². The quantitative estimate of drug-likeness (QED) is 0.141. The fourth-order valence-corrected chi connectivity index (χ4v) is 8.26. The van der Waals surface area contributed by atoms with Crippen molar-refractivity contribution in [3.05, 3.63) is 176 Å². The Morgan fingerprint density at radius 3 is 1.73 bits per heavy atom. The Labute approximate surface area is 293 Å². The monoisotopic (exact) mass is 647 g/mol. The van der Waals surface area contributed by atoms with E-state index < -0.39 is 0 Å². The van der Waals surface area contributed by atoms with Crippen molar-refractivity contribution in [1.29, 1.82) is 0 Å². The molecule has 3 aromatic heterocycles. The van der Waals surface area contributed by atoms with Crippen molar-refractivity contribution in [2.45, 2.75) is 0 Å². The molecule has 0 N–H and O–H groups in total. The summed E-state index contributed by atoms with van der Waals surface area (Å²) in [4.78, 5) is 10.5. The number of nitrogens with zero attached hydrogens (tertiary/aromatic N) is 3. The summed E-state index contributed by atoms with van der Waals surface area (Å²) in [5.41, 5.74) is 10.9. The van der Waals surface area contributed by atoms with Gasteiger partial charge in [0.15, 0.2) is 0 Å². The van der Waals surface area contributed by atoms with Crippen LogP contribution in [0.4, 0.5) is 0 Å². The van der Waals surface area contributed by atoms with Gasteiger partial charge < -0.3 is 0 Å². The first kappa shape index (κ1) is 28.0. The number of pyridine rings is 2. The number of rotatable bonds is 3. The van der Waals surface area contributed by atoms with Gasteiger partial charge in [0, 0.05) is 21.9 Å². The second-order valence-electron chi connectivity index (χ2n) is 13.3. The zero-order valence-electron chi connectivity index (χ0n) is 27.6. The van der Waals surface area contributed by atoms with E-state index in [0.717, 1.165) is 50.1 Å². The first-order chi connectivity index (χ1) is 25.3. The van der Waals surface area contributed by atoms with Crippen LogP contribution in [0.2, 0.25) is 0 Å². The second-order valence-corrected chi connectivity index (χ2v) is 13.3. The van der Waals surface area contributed by atoms with Crippen molar-refractivity contribution >= 4 is 70.7 Å². The molecule has 0 aliphatic heterocycles. The van der Waals surface area contributed by atoms with Gasteiger partial charge in [-0.2, -0.15) is 0 Å². The van der Waals surface area contributed by atoms with Crippen molar-refractivity contribution < 1.29 is 0 Å². The summed E-state index contributed by atoms with van der Waals surface area (Å²) in [5.74, 6) is 0. The van der Waals surface area contributed by atoms with Gasteiger partial charge in [-0.25, -0.2) is 9.97 Å². The van der Waals surface area contributed by atoms with Gasteiger partial charge in [-0.05, 0) is 91.3 Å². The van der Waals surface area contributed by atoms with E-state index in [1.807, 2.05) is 0 Å². The van der Waals surface area contributed by atoms with Crippen LogP contribution in [0.5, 0.6) is 0 Å². The Kier molecular flexibility index (Phi) is 5.96. The number of imidazole rings is 1. The lowest BCUT2D eigenvalue weighted by Gasteiger charge is -2.18. The van der Waals surface area contributed by atoms with Crippen molar-refractivity contribution in [1.82, 2.24) is 14.4 Å². The number of aromatic nitrogens is 3. The molecule has 0 fully saturated rings. The molecular weight excluding hydrogens is 619 g/mol.